The summed E-state index contributed by atoms with van der Waals surface area (Å²) >= 11 is 0. The van der Waals surface area contributed by atoms with Crippen LogP contribution in [0.3, 0.4) is 0 Å². The molecule has 18 heavy (non-hydrogen) atoms. The molecule has 3 nitrogen and oxygen atoms in total. The highest BCUT2D eigenvalue weighted by molar-refractivity contribution is 5.82. The van der Waals surface area contributed by atoms with Gasteiger partial charge in [0.2, 0.25) is 0 Å². The molecule has 0 bridgehead atoms. The summed E-state index contributed by atoms with van der Waals surface area (Å²) in [5.74, 6) is -0.189. The normalized spacial score (nSPS) is 17.3. The third-order valence-electron chi connectivity index (χ3n) is 4.45. The largest absolute Gasteiger partial charge is 0.286 e. The summed E-state index contributed by atoms with van der Waals surface area (Å²) < 4.78 is 0. The zero-order chi connectivity index (χ0) is 13.4. The van der Waals surface area contributed by atoms with Gasteiger partial charge in [-0.3, -0.25) is 10.0 Å². The molecule has 0 unspecified atom stereocenters. The molecule has 1 aliphatic carbocycles. The second kappa shape index (κ2) is 4.39. The SMILES string of the molecule is CC1(C(C)(C)C(=O)N(O)Cc2ccccc2)CC1. The first-order valence-corrected chi connectivity index (χ1v) is 6.42. The standard InChI is InChI=1S/C15H21NO2/c1-14(2,15(3)9-10-15)13(17)16(18)11-12-7-5-4-6-8-12/h4-8,18H,9-11H2,1-3H3. The maximum absolute atomic E-state index is 12.3. The predicted molar refractivity (Wildman–Crippen MR) is 69.9 cm³/mol. The van der Waals surface area contributed by atoms with Crippen molar-refractivity contribution in [3.8, 4) is 0 Å². The Kier molecular flexibility index (Phi) is 3.20. The predicted octanol–water partition coefficient (Wildman–Crippen LogP) is 3.23. The lowest BCUT2D eigenvalue weighted by Gasteiger charge is -2.33. The summed E-state index contributed by atoms with van der Waals surface area (Å²) in [4.78, 5) is 12.3. The molecular weight excluding hydrogens is 226 g/mol. The van der Waals surface area contributed by atoms with E-state index in [1.54, 1.807) is 0 Å². The highest BCUT2D eigenvalue weighted by Crippen LogP contribution is 2.58. The number of amides is 1. The first-order valence-electron chi connectivity index (χ1n) is 6.42. The van der Waals surface area contributed by atoms with E-state index in [1.165, 1.54) is 0 Å². The van der Waals surface area contributed by atoms with Crippen LogP contribution in [0.2, 0.25) is 0 Å². The van der Waals surface area contributed by atoms with E-state index in [0.29, 0.717) is 0 Å². The smallest absolute Gasteiger partial charge is 0.252 e. The molecule has 0 aliphatic heterocycles. The van der Waals surface area contributed by atoms with E-state index in [4.69, 9.17) is 0 Å². The van der Waals surface area contributed by atoms with Crippen LogP contribution in [0, 0.1) is 10.8 Å². The maximum atomic E-state index is 12.3. The van der Waals surface area contributed by atoms with E-state index in [2.05, 4.69) is 6.92 Å². The van der Waals surface area contributed by atoms with Crippen LogP contribution >= 0.6 is 0 Å². The average Bonchev–Trinajstić information content (AvgIpc) is 3.09. The molecule has 1 aliphatic rings. The van der Waals surface area contributed by atoms with Crippen molar-refractivity contribution in [1.82, 2.24) is 5.06 Å². The molecule has 1 fully saturated rings. The van der Waals surface area contributed by atoms with Gasteiger partial charge >= 0.3 is 0 Å². The minimum Gasteiger partial charge on any atom is -0.286 e. The Hall–Kier alpha value is -1.35. The molecule has 0 spiro atoms. The lowest BCUT2D eigenvalue weighted by atomic mass is 9.76. The number of hydroxylamine groups is 2. The molecule has 3 heteroatoms. The van der Waals surface area contributed by atoms with E-state index in [9.17, 15) is 10.0 Å². The van der Waals surface area contributed by atoms with E-state index < -0.39 is 5.41 Å². The van der Waals surface area contributed by atoms with E-state index in [1.807, 2.05) is 44.2 Å². The fourth-order valence-corrected chi connectivity index (χ4v) is 2.22. The fourth-order valence-electron chi connectivity index (χ4n) is 2.22. The van der Waals surface area contributed by atoms with Gasteiger partial charge in [0, 0.05) is 0 Å². The van der Waals surface area contributed by atoms with Crippen LogP contribution in [0.1, 0.15) is 39.2 Å². The maximum Gasteiger partial charge on any atom is 0.252 e. The van der Waals surface area contributed by atoms with Crippen LogP contribution in [0.25, 0.3) is 0 Å². The van der Waals surface area contributed by atoms with Crippen molar-refractivity contribution in [2.75, 3.05) is 0 Å². The quantitative estimate of drug-likeness (QED) is 0.655. The van der Waals surface area contributed by atoms with Crippen molar-refractivity contribution in [2.45, 2.75) is 40.2 Å². The second-order valence-electron chi connectivity index (χ2n) is 6.03. The summed E-state index contributed by atoms with van der Waals surface area (Å²) in [7, 11) is 0. The fraction of sp³-hybridized carbons (Fsp3) is 0.533. The van der Waals surface area contributed by atoms with Gasteiger partial charge in [-0.15, -0.1) is 0 Å². The Bertz CT molecular complexity index is 435. The zero-order valence-electron chi connectivity index (χ0n) is 11.3. The Balaban J connectivity index is 2.05. The second-order valence-corrected chi connectivity index (χ2v) is 6.03. The number of carbonyl (C=O) groups excluding carboxylic acids is 1. The van der Waals surface area contributed by atoms with Gasteiger partial charge in [-0.2, -0.15) is 0 Å². The van der Waals surface area contributed by atoms with Crippen molar-refractivity contribution in [1.29, 1.82) is 0 Å². The minimum absolute atomic E-state index is 0.0434. The van der Waals surface area contributed by atoms with Crippen LogP contribution in [0.15, 0.2) is 30.3 Å². The van der Waals surface area contributed by atoms with Crippen LogP contribution in [0.4, 0.5) is 0 Å². The van der Waals surface area contributed by atoms with Crippen LogP contribution in [-0.2, 0) is 11.3 Å². The van der Waals surface area contributed by atoms with Gasteiger partial charge in [-0.05, 0) is 23.8 Å². The Morgan fingerprint density at radius 2 is 1.89 bits per heavy atom. The Morgan fingerprint density at radius 3 is 2.39 bits per heavy atom. The van der Waals surface area contributed by atoms with Crippen molar-refractivity contribution in [2.24, 2.45) is 10.8 Å². The summed E-state index contributed by atoms with van der Waals surface area (Å²) in [6.07, 6.45) is 2.12. The monoisotopic (exact) mass is 247 g/mol. The molecule has 98 valence electrons. The molecule has 1 saturated carbocycles. The summed E-state index contributed by atoms with van der Waals surface area (Å²) in [6.45, 7) is 6.22. The highest BCUT2D eigenvalue weighted by atomic mass is 16.5. The van der Waals surface area contributed by atoms with Gasteiger partial charge in [-0.25, -0.2) is 5.06 Å². The van der Waals surface area contributed by atoms with Crippen LogP contribution < -0.4 is 0 Å². The van der Waals surface area contributed by atoms with Gasteiger partial charge in [0.15, 0.2) is 0 Å². The summed E-state index contributed by atoms with van der Waals surface area (Å²) in [5.41, 5.74) is 0.475. The van der Waals surface area contributed by atoms with E-state index >= 15 is 0 Å². The molecule has 0 radical (unpaired) electrons. The molecular formula is C15H21NO2. The van der Waals surface area contributed by atoms with Crippen molar-refractivity contribution < 1.29 is 10.0 Å². The van der Waals surface area contributed by atoms with Crippen LogP contribution in [-0.4, -0.2) is 16.2 Å². The average molecular weight is 247 g/mol. The van der Waals surface area contributed by atoms with Crippen molar-refractivity contribution >= 4 is 5.91 Å². The number of hydrogen-bond acceptors (Lipinski definition) is 2. The van der Waals surface area contributed by atoms with Crippen LogP contribution in [0.5, 0.6) is 0 Å². The van der Waals surface area contributed by atoms with Gasteiger partial charge in [0.05, 0.1) is 12.0 Å². The van der Waals surface area contributed by atoms with Gasteiger partial charge in [-0.1, -0.05) is 51.1 Å². The highest BCUT2D eigenvalue weighted by Gasteiger charge is 2.55. The Morgan fingerprint density at radius 1 is 1.33 bits per heavy atom. The molecule has 0 heterocycles. The van der Waals surface area contributed by atoms with Crippen molar-refractivity contribution in [3.05, 3.63) is 35.9 Å². The lowest BCUT2D eigenvalue weighted by Crippen LogP contribution is -2.43. The number of carbonyl (C=O) groups is 1. The number of benzene rings is 1. The zero-order valence-corrected chi connectivity index (χ0v) is 11.3. The number of hydrogen-bond donors (Lipinski definition) is 1. The molecule has 1 aromatic rings. The van der Waals surface area contributed by atoms with E-state index in [-0.39, 0.29) is 17.9 Å². The third-order valence-corrected chi connectivity index (χ3v) is 4.45. The van der Waals surface area contributed by atoms with E-state index in [0.717, 1.165) is 23.5 Å². The Labute approximate surface area is 108 Å². The topological polar surface area (TPSA) is 40.5 Å². The first kappa shape index (κ1) is 13.1. The molecule has 1 amide bonds. The molecule has 0 aromatic heterocycles. The van der Waals surface area contributed by atoms with Gasteiger partial charge in [0.25, 0.3) is 5.91 Å². The van der Waals surface area contributed by atoms with Crippen molar-refractivity contribution in [3.63, 3.8) is 0 Å². The summed E-state index contributed by atoms with van der Waals surface area (Å²) in [6, 6.07) is 9.54. The number of nitrogens with zero attached hydrogens (tertiary/aromatic N) is 1. The number of rotatable bonds is 4. The summed E-state index contributed by atoms with van der Waals surface area (Å²) in [5, 5.41) is 10.8. The molecule has 2 rings (SSSR count). The molecule has 1 N–H and O–H groups in total. The first-order chi connectivity index (χ1) is 8.37. The minimum atomic E-state index is -0.503. The lowest BCUT2D eigenvalue weighted by molar-refractivity contribution is -0.181. The van der Waals surface area contributed by atoms with Gasteiger partial charge in [0.1, 0.15) is 0 Å². The molecule has 0 saturated heterocycles. The molecule has 1 aromatic carbocycles. The molecule has 0 atom stereocenters. The van der Waals surface area contributed by atoms with Gasteiger partial charge < -0.3 is 0 Å². The third kappa shape index (κ3) is 2.27.